The zero-order valence-electron chi connectivity index (χ0n) is 14.7. The molecule has 1 aliphatic rings. The van der Waals surface area contributed by atoms with Gasteiger partial charge in [0.25, 0.3) is 0 Å². The highest BCUT2D eigenvalue weighted by Gasteiger charge is 2.26. The molecule has 0 amide bonds. The van der Waals surface area contributed by atoms with E-state index in [9.17, 15) is 13.7 Å². The van der Waals surface area contributed by atoms with Gasteiger partial charge in [0.2, 0.25) is 15.8 Å². The number of ether oxygens (including phenoxy) is 1. The standard InChI is InChI=1S/C16H19N7O3S/c1-26-15-6-5-13(27(24,25)23-7-3-2-4-8-23)9-14(15)18-11-12(10-17)16-19-21-22-20-16/h5-6,9,11,18H,2-4,7-8H2,1H3,(H,19,20,21,22). The molecule has 1 aromatic carbocycles. The SMILES string of the molecule is COc1ccc(S(=O)(=O)N2CCCCC2)cc1NC=C(C#N)c1nn[nH]n1. The van der Waals surface area contributed by atoms with Crippen LogP contribution in [0.3, 0.4) is 0 Å². The van der Waals surface area contributed by atoms with Crippen molar-refractivity contribution in [3.05, 3.63) is 30.2 Å². The number of rotatable bonds is 6. The predicted molar refractivity (Wildman–Crippen MR) is 97.0 cm³/mol. The fraction of sp³-hybridized carbons (Fsp3) is 0.375. The lowest BCUT2D eigenvalue weighted by Crippen LogP contribution is -2.35. The number of benzene rings is 1. The first kappa shape index (κ1) is 18.8. The summed E-state index contributed by atoms with van der Waals surface area (Å²) in [6.45, 7) is 1.04. The predicted octanol–water partition coefficient (Wildman–Crippen LogP) is 1.36. The molecule has 10 nitrogen and oxygen atoms in total. The zero-order chi connectivity index (χ0) is 19.3. The van der Waals surface area contributed by atoms with Crippen molar-refractivity contribution in [1.82, 2.24) is 24.9 Å². The number of nitrogens with one attached hydrogen (secondary N) is 2. The third-order valence-electron chi connectivity index (χ3n) is 4.20. The van der Waals surface area contributed by atoms with E-state index in [4.69, 9.17) is 4.74 Å². The van der Waals surface area contributed by atoms with E-state index in [0.29, 0.717) is 24.5 Å². The van der Waals surface area contributed by atoms with Crippen LogP contribution in [0.2, 0.25) is 0 Å². The van der Waals surface area contributed by atoms with Crippen LogP contribution in [0.5, 0.6) is 5.75 Å². The van der Waals surface area contributed by atoms with Crippen molar-refractivity contribution >= 4 is 21.3 Å². The van der Waals surface area contributed by atoms with Crippen molar-refractivity contribution in [2.24, 2.45) is 0 Å². The Labute approximate surface area is 156 Å². The topological polar surface area (TPSA) is 137 Å². The number of H-pyrrole nitrogens is 1. The molecule has 27 heavy (non-hydrogen) atoms. The first-order chi connectivity index (χ1) is 13.1. The van der Waals surface area contributed by atoms with Crippen LogP contribution in [-0.4, -0.2) is 53.5 Å². The summed E-state index contributed by atoms with van der Waals surface area (Å²) in [4.78, 5) is 0.166. The van der Waals surface area contributed by atoms with Gasteiger partial charge in [0, 0.05) is 19.3 Å². The minimum atomic E-state index is -3.58. The number of nitrogens with zero attached hydrogens (tertiary/aromatic N) is 5. The molecule has 1 aliphatic heterocycles. The average molecular weight is 389 g/mol. The van der Waals surface area contributed by atoms with E-state index in [2.05, 4.69) is 25.9 Å². The summed E-state index contributed by atoms with van der Waals surface area (Å²) in [6, 6.07) is 6.54. The van der Waals surface area contributed by atoms with Crippen LogP contribution in [-0.2, 0) is 10.0 Å². The summed E-state index contributed by atoms with van der Waals surface area (Å²) in [6.07, 6.45) is 4.14. The lowest BCUT2D eigenvalue weighted by molar-refractivity contribution is 0.346. The molecule has 2 aromatic rings. The van der Waals surface area contributed by atoms with Gasteiger partial charge in [0.15, 0.2) is 0 Å². The highest BCUT2D eigenvalue weighted by Crippen LogP contribution is 2.30. The maximum Gasteiger partial charge on any atom is 0.243 e. The summed E-state index contributed by atoms with van der Waals surface area (Å²) in [5.41, 5.74) is 0.543. The van der Waals surface area contributed by atoms with Gasteiger partial charge in [0.05, 0.1) is 17.7 Å². The number of aromatic nitrogens is 4. The number of anilines is 1. The number of sulfonamides is 1. The lowest BCUT2D eigenvalue weighted by Gasteiger charge is -2.26. The first-order valence-electron chi connectivity index (χ1n) is 8.35. The minimum Gasteiger partial charge on any atom is -0.495 e. The zero-order valence-corrected chi connectivity index (χ0v) is 15.5. The fourth-order valence-electron chi connectivity index (χ4n) is 2.79. The van der Waals surface area contributed by atoms with Crippen LogP contribution in [0.25, 0.3) is 5.57 Å². The van der Waals surface area contributed by atoms with Gasteiger partial charge in [-0.3, -0.25) is 0 Å². The van der Waals surface area contributed by atoms with E-state index >= 15 is 0 Å². The second kappa shape index (κ2) is 8.15. The van der Waals surface area contributed by atoms with E-state index in [1.807, 2.05) is 6.07 Å². The molecule has 3 rings (SSSR count). The van der Waals surface area contributed by atoms with Crippen LogP contribution in [0.4, 0.5) is 5.69 Å². The molecule has 11 heteroatoms. The van der Waals surface area contributed by atoms with E-state index in [-0.39, 0.29) is 16.3 Å². The Morgan fingerprint density at radius 3 is 2.78 bits per heavy atom. The second-order valence-corrected chi connectivity index (χ2v) is 7.81. The smallest absolute Gasteiger partial charge is 0.243 e. The molecule has 1 saturated heterocycles. The Hall–Kier alpha value is -2.97. The van der Waals surface area contributed by atoms with Gasteiger partial charge in [0.1, 0.15) is 17.4 Å². The number of hydrogen-bond donors (Lipinski definition) is 2. The highest BCUT2D eigenvalue weighted by molar-refractivity contribution is 7.89. The number of aromatic amines is 1. The van der Waals surface area contributed by atoms with E-state index in [1.165, 1.54) is 29.7 Å². The largest absolute Gasteiger partial charge is 0.495 e. The highest BCUT2D eigenvalue weighted by atomic mass is 32.2. The van der Waals surface area contributed by atoms with Crippen molar-refractivity contribution in [1.29, 1.82) is 5.26 Å². The maximum absolute atomic E-state index is 12.9. The van der Waals surface area contributed by atoms with Crippen molar-refractivity contribution in [3.63, 3.8) is 0 Å². The van der Waals surface area contributed by atoms with Crippen LogP contribution < -0.4 is 10.1 Å². The number of methoxy groups -OCH3 is 1. The third kappa shape index (κ3) is 4.07. The molecule has 1 fully saturated rings. The fourth-order valence-corrected chi connectivity index (χ4v) is 4.33. The normalized spacial score (nSPS) is 15.9. The summed E-state index contributed by atoms with van der Waals surface area (Å²) in [5, 5.41) is 25.3. The van der Waals surface area contributed by atoms with Crippen LogP contribution in [0.1, 0.15) is 25.1 Å². The van der Waals surface area contributed by atoms with Crippen LogP contribution in [0.15, 0.2) is 29.3 Å². The Balaban J connectivity index is 1.91. The van der Waals surface area contributed by atoms with Crippen molar-refractivity contribution in [2.45, 2.75) is 24.2 Å². The quantitative estimate of drug-likeness (QED) is 0.707. The molecular weight excluding hydrogens is 370 g/mol. The first-order valence-corrected chi connectivity index (χ1v) is 9.79. The van der Waals surface area contributed by atoms with E-state index in [0.717, 1.165) is 19.3 Å². The number of allylic oxidation sites excluding steroid dienone is 1. The van der Waals surface area contributed by atoms with E-state index in [1.54, 1.807) is 6.07 Å². The van der Waals surface area contributed by atoms with Gasteiger partial charge < -0.3 is 10.1 Å². The number of hydrogen-bond acceptors (Lipinski definition) is 8. The van der Waals surface area contributed by atoms with Gasteiger partial charge in [-0.05, 0) is 36.3 Å². The van der Waals surface area contributed by atoms with Gasteiger partial charge >= 0.3 is 0 Å². The molecule has 0 spiro atoms. The number of piperidine rings is 1. The van der Waals surface area contributed by atoms with Crippen molar-refractivity contribution < 1.29 is 13.2 Å². The minimum absolute atomic E-state index is 0.126. The molecule has 0 unspecified atom stereocenters. The molecule has 142 valence electrons. The lowest BCUT2D eigenvalue weighted by atomic mass is 10.2. The average Bonchev–Trinajstić information content (AvgIpc) is 3.23. The van der Waals surface area contributed by atoms with Crippen LogP contribution in [0, 0.1) is 11.3 Å². The third-order valence-corrected chi connectivity index (χ3v) is 6.10. The van der Waals surface area contributed by atoms with Gasteiger partial charge in [-0.15, -0.1) is 10.2 Å². The Bertz CT molecular complexity index is 958. The second-order valence-electron chi connectivity index (χ2n) is 5.88. The molecule has 0 radical (unpaired) electrons. The molecule has 2 heterocycles. The molecule has 0 aliphatic carbocycles. The monoisotopic (exact) mass is 389 g/mol. The summed E-state index contributed by atoms with van der Waals surface area (Å²) < 4.78 is 32.5. The van der Waals surface area contributed by atoms with Crippen molar-refractivity contribution in [2.75, 3.05) is 25.5 Å². The van der Waals surface area contributed by atoms with Gasteiger partial charge in [-0.1, -0.05) is 6.42 Å². The van der Waals surface area contributed by atoms with Gasteiger partial charge in [-0.25, -0.2) is 8.42 Å². The van der Waals surface area contributed by atoms with Crippen molar-refractivity contribution in [3.8, 4) is 11.8 Å². The summed E-state index contributed by atoms with van der Waals surface area (Å²) >= 11 is 0. The van der Waals surface area contributed by atoms with E-state index < -0.39 is 10.0 Å². The van der Waals surface area contributed by atoms with Gasteiger partial charge in [-0.2, -0.15) is 14.8 Å². The van der Waals surface area contributed by atoms with Crippen LogP contribution >= 0.6 is 0 Å². The molecule has 1 aromatic heterocycles. The summed E-state index contributed by atoms with van der Waals surface area (Å²) in [5.74, 6) is 0.565. The molecular formula is C16H19N7O3S. The molecule has 2 N–H and O–H groups in total. The Morgan fingerprint density at radius 1 is 1.37 bits per heavy atom. The molecule has 0 bridgehead atoms. The maximum atomic E-state index is 12.9. The summed E-state index contributed by atoms with van der Waals surface area (Å²) in [7, 11) is -2.10. The molecule has 0 atom stereocenters. The number of nitriles is 1. The molecule has 0 saturated carbocycles. The Kier molecular flexibility index (Phi) is 5.68. The Morgan fingerprint density at radius 2 is 2.15 bits per heavy atom. The number of tetrazole rings is 1.